The van der Waals surface area contributed by atoms with Crippen molar-refractivity contribution in [1.29, 1.82) is 0 Å². The molecule has 0 aromatic carbocycles. The van der Waals surface area contributed by atoms with E-state index in [1.807, 2.05) is 27.7 Å². The highest BCUT2D eigenvalue weighted by atomic mass is 16.3. The summed E-state index contributed by atoms with van der Waals surface area (Å²) in [5.41, 5.74) is 2.36. The number of allylic oxidation sites excluding steroid dienone is 3. The van der Waals surface area contributed by atoms with Crippen molar-refractivity contribution >= 4 is 0 Å². The van der Waals surface area contributed by atoms with Crippen LogP contribution in [0.5, 0.6) is 0 Å². The van der Waals surface area contributed by atoms with Crippen molar-refractivity contribution in [3.8, 4) is 0 Å². The third-order valence-electron chi connectivity index (χ3n) is 9.60. The summed E-state index contributed by atoms with van der Waals surface area (Å²) in [5, 5.41) is 40.9. The van der Waals surface area contributed by atoms with Crippen LogP contribution < -0.4 is 0 Å². The fraction of sp³-hybridized carbons (Fsp3) is 0.812. The molecule has 3 aliphatic rings. The standard InChI is InChI=1S/C32H54O4/c1-22-25(20-26(33)21-29(22)34)14-13-24-12-9-19-32(6)27(15-16-28(24)32)23(10-7-17-30(2,3)35)11-8-18-31(4,5)36/h13-14,23,26-29,33-36H,1,7-12,15-21H2,2-6H3/b24-13+,25-14-/t26-,27+,28?,29-,32+/m0/s1. The Labute approximate surface area is 220 Å². The zero-order valence-corrected chi connectivity index (χ0v) is 23.7. The van der Waals surface area contributed by atoms with Gasteiger partial charge in [0.15, 0.2) is 0 Å². The maximum Gasteiger partial charge on any atom is 0.0811 e. The Morgan fingerprint density at radius 1 is 1.00 bits per heavy atom. The molecule has 3 saturated carbocycles. The van der Waals surface area contributed by atoms with E-state index in [9.17, 15) is 20.4 Å². The topological polar surface area (TPSA) is 80.9 Å². The Kier molecular flexibility index (Phi) is 9.74. The Hall–Kier alpha value is -0.940. The molecule has 4 nitrogen and oxygen atoms in total. The zero-order valence-electron chi connectivity index (χ0n) is 23.7. The van der Waals surface area contributed by atoms with Crippen LogP contribution in [-0.4, -0.2) is 43.8 Å². The van der Waals surface area contributed by atoms with Gasteiger partial charge >= 0.3 is 0 Å². The summed E-state index contributed by atoms with van der Waals surface area (Å²) in [6.07, 6.45) is 16.5. The van der Waals surface area contributed by atoms with Crippen LogP contribution in [0.25, 0.3) is 0 Å². The van der Waals surface area contributed by atoms with Gasteiger partial charge in [-0.3, -0.25) is 0 Å². The van der Waals surface area contributed by atoms with Crippen LogP contribution in [-0.2, 0) is 0 Å². The summed E-state index contributed by atoms with van der Waals surface area (Å²) < 4.78 is 0. The highest BCUT2D eigenvalue weighted by Gasteiger charge is 2.51. The average molecular weight is 503 g/mol. The van der Waals surface area contributed by atoms with Crippen molar-refractivity contribution in [3.05, 3.63) is 35.5 Å². The van der Waals surface area contributed by atoms with Gasteiger partial charge in [0.25, 0.3) is 0 Å². The van der Waals surface area contributed by atoms with Crippen molar-refractivity contribution in [1.82, 2.24) is 0 Å². The first kappa shape index (κ1) is 29.6. The maximum atomic E-state index is 10.3. The monoisotopic (exact) mass is 502 g/mol. The van der Waals surface area contributed by atoms with Crippen LogP contribution in [0.4, 0.5) is 0 Å². The third-order valence-corrected chi connectivity index (χ3v) is 9.60. The number of aliphatic hydroxyl groups excluding tert-OH is 2. The van der Waals surface area contributed by atoms with Crippen LogP contribution in [0.2, 0.25) is 0 Å². The van der Waals surface area contributed by atoms with Gasteiger partial charge in [-0.05, 0) is 113 Å². The summed E-state index contributed by atoms with van der Waals surface area (Å²) >= 11 is 0. The molecule has 0 spiro atoms. The van der Waals surface area contributed by atoms with E-state index in [0.29, 0.717) is 36.0 Å². The Balaban J connectivity index is 1.77. The normalized spacial score (nSPS) is 34.1. The Morgan fingerprint density at radius 2 is 1.61 bits per heavy atom. The van der Waals surface area contributed by atoms with Crippen LogP contribution >= 0.6 is 0 Å². The highest BCUT2D eigenvalue weighted by molar-refractivity contribution is 5.38. The fourth-order valence-electron chi connectivity index (χ4n) is 7.66. The second-order valence-corrected chi connectivity index (χ2v) is 13.8. The van der Waals surface area contributed by atoms with Crippen molar-refractivity contribution in [2.45, 2.75) is 141 Å². The summed E-state index contributed by atoms with van der Waals surface area (Å²) in [6, 6.07) is 0. The number of fused-ring (bicyclic) bond motifs is 1. The van der Waals surface area contributed by atoms with Crippen LogP contribution in [0, 0.1) is 23.2 Å². The minimum absolute atomic E-state index is 0.291. The number of hydrogen-bond acceptors (Lipinski definition) is 4. The van der Waals surface area contributed by atoms with E-state index in [1.165, 1.54) is 31.3 Å². The number of hydrogen-bond donors (Lipinski definition) is 4. The van der Waals surface area contributed by atoms with Crippen molar-refractivity contribution in [2.24, 2.45) is 23.2 Å². The van der Waals surface area contributed by atoms with E-state index in [4.69, 9.17) is 0 Å². The molecular weight excluding hydrogens is 448 g/mol. The molecule has 4 heteroatoms. The molecule has 0 aliphatic heterocycles. The molecule has 4 N–H and O–H groups in total. The highest BCUT2D eigenvalue weighted by Crippen LogP contribution is 2.60. The van der Waals surface area contributed by atoms with Crippen LogP contribution in [0.15, 0.2) is 35.5 Å². The zero-order chi connectivity index (χ0) is 26.7. The van der Waals surface area contributed by atoms with Gasteiger partial charge in [-0.15, -0.1) is 0 Å². The van der Waals surface area contributed by atoms with Gasteiger partial charge in [-0.25, -0.2) is 0 Å². The molecule has 3 rings (SSSR count). The maximum absolute atomic E-state index is 10.3. The lowest BCUT2D eigenvalue weighted by molar-refractivity contribution is 0.0480. The lowest BCUT2D eigenvalue weighted by Gasteiger charge is -2.45. The Morgan fingerprint density at radius 3 is 2.19 bits per heavy atom. The fourth-order valence-corrected chi connectivity index (χ4v) is 7.66. The number of rotatable bonds is 10. The quantitative estimate of drug-likeness (QED) is 0.270. The predicted octanol–water partition coefficient (Wildman–Crippen LogP) is 6.63. The predicted molar refractivity (Wildman–Crippen MR) is 149 cm³/mol. The molecule has 0 amide bonds. The van der Waals surface area contributed by atoms with Crippen LogP contribution in [0.1, 0.15) is 118 Å². The molecule has 0 aromatic heterocycles. The molecule has 5 atom stereocenters. The minimum Gasteiger partial charge on any atom is -0.393 e. The van der Waals surface area contributed by atoms with E-state index in [-0.39, 0.29) is 0 Å². The van der Waals surface area contributed by atoms with Crippen molar-refractivity contribution < 1.29 is 20.4 Å². The van der Waals surface area contributed by atoms with E-state index in [0.717, 1.165) is 56.1 Å². The van der Waals surface area contributed by atoms with Crippen molar-refractivity contribution in [2.75, 3.05) is 0 Å². The third kappa shape index (κ3) is 7.79. The second-order valence-electron chi connectivity index (χ2n) is 13.8. The van der Waals surface area contributed by atoms with Gasteiger partial charge in [0.05, 0.1) is 23.4 Å². The molecule has 0 aromatic rings. The number of aliphatic hydroxyl groups is 4. The smallest absolute Gasteiger partial charge is 0.0811 e. The largest absolute Gasteiger partial charge is 0.393 e. The summed E-state index contributed by atoms with van der Waals surface area (Å²) in [6.45, 7) is 14.3. The van der Waals surface area contributed by atoms with E-state index >= 15 is 0 Å². The van der Waals surface area contributed by atoms with E-state index in [1.54, 1.807) is 0 Å². The molecule has 0 heterocycles. The van der Waals surface area contributed by atoms with Gasteiger partial charge in [0, 0.05) is 6.42 Å². The molecular formula is C32H54O4. The lowest BCUT2D eigenvalue weighted by Crippen LogP contribution is -2.37. The SMILES string of the molecule is C=C1/C(=C\C=C2/CCC[C@@]3(C)C2CC[C@@H]3C(CCCC(C)(C)O)CCCC(C)(C)O)C[C@H](O)C[C@@H]1O. The summed E-state index contributed by atoms with van der Waals surface area (Å²) in [7, 11) is 0. The Bertz CT molecular complexity index is 791. The molecule has 0 saturated heterocycles. The van der Waals surface area contributed by atoms with E-state index in [2.05, 4.69) is 25.7 Å². The summed E-state index contributed by atoms with van der Waals surface area (Å²) in [5.74, 6) is 1.90. The molecule has 3 fully saturated rings. The first-order chi connectivity index (χ1) is 16.7. The molecule has 0 bridgehead atoms. The molecule has 0 radical (unpaired) electrons. The average Bonchev–Trinajstić information content (AvgIpc) is 3.10. The van der Waals surface area contributed by atoms with E-state index < -0.39 is 23.4 Å². The van der Waals surface area contributed by atoms with Gasteiger partial charge in [-0.2, -0.15) is 0 Å². The first-order valence-corrected chi connectivity index (χ1v) is 14.6. The minimum atomic E-state index is -0.639. The molecule has 206 valence electrons. The molecule has 3 aliphatic carbocycles. The first-order valence-electron chi connectivity index (χ1n) is 14.6. The van der Waals surface area contributed by atoms with Gasteiger partial charge < -0.3 is 20.4 Å². The molecule has 36 heavy (non-hydrogen) atoms. The molecule has 1 unspecified atom stereocenters. The summed E-state index contributed by atoms with van der Waals surface area (Å²) in [4.78, 5) is 0. The van der Waals surface area contributed by atoms with Gasteiger partial charge in [0.2, 0.25) is 0 Å². The van der Waals surface area contributed by atoms with Gasteiger partial charge in [0.1, 0.15) is 0 Å². The lowest BCUT2D eigenvalue weighted by atomic mass is 9.60. The second kappa shape index (κ2) is 11.8. The van der Waals surface area contributed by atoms with Crippen molar-refractivity contribution in [3.63, 3.8) is 0 Å². The van der Waals surface area contributed by atoms with Gasteiger partial charge in [-0.1, -0.05) is 56.9 Å². The van der Waals surface area contributed by atoms with Crippen LogP contribution in [0.3, 0.4) is 0 Å².